The van der Waals surface area contributed by atoms with Gasteiger partial charge in [0.2, 0.25) is 10.0 Å². The predicted octanol–water partition coefficient (Wildman–Crippen LogP) is 2.30. The smallest absolute Gasteiger partial charge is 0.240 e. The maximum Gasteiger partial charge on any atom is 0.240 e. The SMILES string of the molecule is CN=C(NCCNS(=O)(=O)c1ccc(C)cc1)N1CCN(c2ccccc2OC)CC1.I. The molecule has 0 amide bonds. The lowest BCUT2D eigenvalue weighted by Gasteiger charge is -2.38. The van der Waals surface area contributed by atoms with Crippen LogP contribution in [0.25, 0.3) is 0 Å². The van der Waals surface area contributed by atoms with Gasteiger partial charge in [0, 0.05) is 46.3 Å². The van der Waals surface area contributed by atoms with E-state index in [4.69, 9.17) is 4.74 Å². The topological polar surface area (TPSA) is 86.3 Å². The third-order valence-electron chi connectivity index (χ3n) is 5.25. The Bertz CT molecular complexity index is 991. The number of rotatable bonds is 7. The molecule has 0 aromatic heterocycles. The molecule has 0 spiro atoms. The standard InChI is InChI=1S/C22H31N5O3S.HI/c1-18-8-10-19(11-9-18)31(28,29)25-13-12-24-22(23-2)27-16-14-26(15-17-27)20-6-4-5-7-21(20)30-3;/h4-11,25H,12-17H2,1-3H3,(H,23,24);1H. The summed E-state index contributed by atoms with van der Waals surface area (Å²) in [6.45, 7) is 5.97. The van der Waals surface area contributed by atoms with Gasteiger partial charge in [0.05, 0.1) is 17.7 Å². The minimum atomic E-state index is -3.51. The molecule has 0 radical (unpaired) electrons. The summed E-state index contributed by atoms with van der Waals surface area (Å²) in [5.41, 5.74) is 2.12. The molecular weight excluding hydrogens is 541 g/mol. The lowest BCUT2D eigenvalue weighted by Crippen LogP contribution is -2.53. The number of nitrogens with one attached hydrogen (secondary N) is 2. The van der Waals surface area contributed by atoms with Crippen molar-refractivity contribution in [2.24, 2.45) is 4.99 Å². The zero-order chi connectivity index (χ0) is 22.3. The van der Waals surface area contributed by atoms with Gasteiger partial charge in [-0.15, -0.1) is 24.0 Å². The van der Waals surface area contributed by atoms with E-state index < -0.39 is 10.0 Å². The van der Waals surface area contributed by atoms with Crippen molar-refractivity contribution in [2.75, 3.05) is 58.3 Å². The van der Waals surface area contributed by atoms with Crippen molar-refractivity contribution in [1.82, 2.24) is 14.9 Å². The van der Waals surface area contributed by atoms with Gasteiger partial charge in [-0.05, 0) is 31.2 Å². The first kappa shape index (κ1) is 26.2. The Morgan fingerprint density at radius 3 is 2.31 bits per heavy atom. The molecule has 0 unspecified atom stereocenters. The molecule has 1 aliphatic heterocycles. The molecule has 2 aromatic carbocycles. The highest BCUT2D eigenvalue weighted by Crippen LogP contribution is 2.28. The fourth-order valence-electron chi connectivity index (χ4n) is 3.54. The van der Waals surface area contributed by atoms with Crippen LogP contribution in [0.1, 0.15) is 5.56 Å². The van der Waals surface area contributed by atoms with Crippen LogP contribution >= 0.6 is 24.0 Å². The van der Waals surface area contributed by atoms with Crippen LogP contribution in [0.5, 0.6) is 5.75 Å². The van der Waals surface area contributed by atoms with Gasteiger partial charge in [0.15, 0.2) is 5.96 Å². The second-order valence-corrected chi connectivity index (χ2v) is 9.10. The fraction of sp³-hybridized carbons (Fsp3) is 0.409. The molecule has 8 nitrogen and oxygen atoms in total. The average Bonchev–Trinajstić information content (AvgIpc) is 2.79. The highest BCUT2D eigenvalue weighted by Gasteiger charge is 2.21. The Hall–Kier alpha value is -2.05. The summed E-state index contributed by atoms with van der Waals surface area (Å²) < 4.78 is 32.9. The maximum absolute atomic E-state index is 12.4. The molecule has 0 bridgehead atoms. The Balaban J connectivity index is 0.00000363. The number of guanidine groups is 1. The highest BCUT2D eigenvalue weighted by molar-refractivity contribution is 14.0. The fourth-order valence-corrected chi connectivity index (χ4v) is 4.57. The normalized spacial score (nSPS) is 14.7. The quantitative estimate of drug-likeness (QED) is 0.229. The molecule has 32 heavy (non-hydrogen) atoms. The van der Waals surface area contributed by atoms with Crippen LogP contribution in [0, 0.1) is 6.92 Å². The summed E-state index contributed by atoms with van der Waals surface area (Å²) in [4.78, 5) is 9.11. The maximum atomic E-state index is 12.4. The number of halogens is 1. The van der Waals surface area contributed by atoms with Crippen LogP contribution in [-0.4, -0.2) is 72.7 Å². The minimum Gasteiger partial charge on any atom is -0.495 e. The van der Waals surface area contributed by atoms with Gasteiger partial charge in [-0.2, -0.15) is 0 Å². The zero-order valence-electron chi connectivity index (χ0n) is 18.7. The third kappa shape index (κ3) is 6.72. The second kappa shape index (κ2) is 12.3. The number of para-hydroxylation sites is 2. The van der Waals surface area contributed by atoms with Crippen molar-refractivity contribution in [1.29, 1.82) is 0 Å². The number of aryl methyl sites for hydroxylation is 1. The van der Waals surface area contributed by atoms with Gasteiger partial charge < -0.3 is 19.9 Å². The summed E-state index contributed by atoms with van der Waals surface area (Å²) in [5, 5.41) is 3.26. The van der Waals surface area contributed by atoms with E-state index in [9.17, 15) is 8.42 Å². The summed E-state index contributed by atoms with van der Waals surface area (Å²) in [6, 6.07) is 14.8. The van der Waals surface area contributed by atoms with Gasteiger partial charge in [-0.3, -0.25) is 4.99 Å². The number of nitrogens with zero attached hydrogens (tertiary/aromatic N) is 3. The molecule has 1 saturated heterocycles. The monoisotopic (exact) mass is 573 g/mol. The van der Waals surface area contributed by atoms with E-state index in [0.29, 0.717) is 6.54 Å². The molecule has 1 heterocycles. The number of hydrogen-bond acceptors (Lipinski definition) is 5. The highest BCUT2D eigenvalue weighted by atomic mass is 127. The Morgan fingerprint density at radius 2 is 1.69 bits per heavy atom. The van der Waals surface area contributed by atoms with Crippen molar-refractivity contribution in [2.45, 2.75) is 11.8 Å². The number of ether oxygens (including phenoxy) is 1. The summed E-state index contributed by atoms with van der Waals surface area (Å²) in [6.07, 6.45) is 0. The third-order valence-corrected chi connectivity index (χ3v) is 6.73. The predicted molar refractivity (Wildman–Crippen MR) is 140 cm³/mol. The van der Waals surface area contributed by atoms with Crippen LogP contribution in [-0.2, 0) is 10.0 Å². The second-order valence-electron chi connectivity index (χ2n) is 7.33. The lowest BCUT2D eigenvalue weighted by atomic mass is 10.2. The van der Waals surface area contributed by atoms with E-state index in [2.05, 4.69) is 30.9 Å². The number of hydrogen-bond donors (Lipinski definition) is 2. The van der Waals surface area contributed by atoms with Crippen LogP contribution in [0.4, 0.5) is 5.69 Å². The molecule has 3 rings (SSSR count). The summed E-state index contributed by atoms with van der Waals surface area (Å²) in [5.74, 6) is 1.65. The van der Waals surface area contributed by atoms with Crippen molar-refractivity contribution in [3.63, 3.8) is 0 Å². The van der Waals surface area contributed by atoms with Crippen LogP contribution in [0.2, 0.25) is 0 Å². The Kier molecular flexibility index (Phi) is 10.0. The number of sulfonamides is 1. The lowest BCUT2D eigenvalue weighted by molar-refractivity contribution is 0.367. The van der Waals surface area contributed by atoms with Crippen LogP contribution < -0.4 is 19.7 Å². The molecule has 176 valence electrons. The molecule has 2 N–H and O–H groups in total. The van der Waals surface area contributed by atoms with Crippen LogP contribution in [0.15, 0.2) is 58.4 Å². The van der Waals surface area contributed by atoms with E-state index in [1.165, 1.54) is 0 Å². The number of aliphatic imine (C=N–C) groups is 1. The Labute approximate surface area is 208 Å². The summed E-state index contributed by atoms with van der Waals surface area (Å²) in [7, 11) is -0.0832. The van der Waals surface area contributed by atoms with E-state index in [-0.39, 0.29) is 35.4 Å². The Morgan fingerprint density at radius 1 is 1.03 bits per heavy atom. The van der Waals surface area contributed by atoms with Gasteiger partial charge in [-0.25, -0.2) is 13.1 Å². The molecule has 1 aliphatic rings. The number of piperazine rings is 1. The molecule has 0 saturated carbocycles. The van der Waals surface area contributed by atoms with E-state index >= 15 is 0 Å². The minimum absolute atomic E-state index is 0. The van der Waals surface area contributed by atoms with Crippen molar-refractivity contribution in [3.05, 3.63) is 54.1 Å². The van der Waals surface area contributed by atoms with Gasteiger partial charge >= 0.3 is 0 Å². The first-order chi connectivity index (χ1) is 14.9. The number of anilines is 1. The van der Waals surface area contributed by atoms with Crippen molar-refractivity contribution >= 4 is 45.6 Å². The molecular formula is C22H32IN5O3S. The van der Waals surface area contributed by atoms with E-state index in [0.717, 1.165) is 49.1 Å². The largest absolute Gasteiger partial charge is 0.495 e. The van der Waals surface area contributed by atoms with Gasteiger partial charge in [0.25, 0.3) is 0 Å². The molecule has 2 aromatic rings. The van der Waals surface area contributed by atoms with Gasteiger partial charge in [0.1, 0.15) is 5.75 Å². The van der Waals surface area contributed by atoms with E-state index in [1.54, 1.807) is 38.4 Å². The number of benzene rings is 2. The molecule has 0 aliphatic carbocycles. The zero-order valence-corrected chi connectivity index (χ0v) is 21.9. The van der Waals surface area contributed by atoms with Gasteiger partial charge in [-0.1, -0.05) is 29.8 Å². The molecule has 1 fully saturated rings. The van der Waals surface area contributed by atoms with Crippen LogP contribution in [0.3, 0.4) is 0 Å². The summed E-state index contributed by atoms with van der Waals surface area (Å²) >= 11 is 0. The molecule has 10 heteroatoms. The average molecular weight is 574 g/mol. The first-order valence-corrected chi connectivity index (χ1v) is 11.8. The molecule has 0 atom stereocenters. The van der Waals surface area contributed by atoms with E-state index in [1.807, 2.05) is 25.1 Å². The van der Waals surface area contributed by atoms with Crippen molar-refractivity contribution < 1.29 is 13.2 Å². The van der Waals surface area contributed by atoms with Crippen molar-refractivity contribution in [3.8, 4) is 5.75 Å². The number of methoxy groups -OCH3 is 1. The first-order valence-electron chi connectivity index (χ1n) is 10.3.